The maximum absolute atomic E-state index is 13.0. The van der Waals surface area contributed by atoms with Gasteiger partial charge in [-0.15, -0.1) is 0 Å². The zero-order valence-corrected chi connectivity index (χ0v) is 17.3. The lowest BCUT2D eigenvalue weighted by Gasteiger charge is -2.44. The molecule has 2 saturated heterocycles. The summed E-state index contributed by atoms with van der Waals surface area (Å²) in [5.41, 5.74) is 0.959. The third-order valence-electron chi connectivity index (χ3n) is 6.48. The number of carbonyl (C=O) groups is 3. The van der Waals surface area contributed by atoms with Crippen molar-refractivity contribution in [2.75, 3.05) is 6.54 Å². The Balaban J connectivity index is 1.35. The van der Waals surface area contributed by atoms with Gasteiger partial charge in [0.1, 0.15) is 12.1 Å². The monoisotopic (exact) mass is 417 g/mol. The summed E-state index contributed by atoms with van der Waals surface area (Å²) < 4.78 is 0. The van der Waals surface area contributed by atoms with E-state index >= 15 is 0 Å². The van der Waals surface area contributed by atoms with Gasteiger partial charge in [0.15, 0.2) is 0 Å². The van der Waals surface area contributed by atoms with E-state index in [-0.39, 0.29) is 29.7 Å². The number of nitrogens with zero attached hydrogens (tertiary/aromatic N) is 1. The molecule has 3 amide bonds. The lowest BCUT2D eigenvalue weighted by Crippen LogP contribution is -2.67. The fraction of sp³-hybridized carbons (Fsp3) is 0.591. The summed E-state index contributed by atoms with van der Waals surface area (Å²) in [6, 6.07) is 6.24. The molecule has 29 heavy (non-hydrogen) atoms. The molecule has 0 spiro atoms. The Morgan fingerprint density at radius 2 is 1.83 bits per heavy atom. The second kappa shape index (κ2) is 8.74. The lowest BCUT2D eigenvalue weighted by atomic mass is 9.87. The number of carbonyl (C=O) groups excluding carboxylic acids is 3. The van der Waals surface area contributed by atoms with Gasteiger partial charge in [0.2, 0.25) is 17.7 Å². The molecule has 156 valence electrons. The highest BCUT2D eigenvalue weighted by atomic mass is 35.5. The topological polar surface area (TPSA) is 78.5 Å². The minimum absolute atomic E-state index is 0.0402. The van der Waals surface area contributed by atoms with Crippen molar-refractivity contribution in [3.63, 3.8) is 0 Å². The van der Waals surface area contributed by atoms with E-state index in [1.54, 1.807) is 17.0 Å². The van der Waals surface area contributed by atoms with Crippen LogP contribution in [-0.2, 0) is 20.8 Å². The highest BCUT2D eigenvalue weighted by molar-refractivity contribution is 6.30. The Morgan fingerprint density at radius 3 is 2.55 bits per heavy atom. The van der Waals surface area contributed by atoms with Crippen molar-refractivity contribution < 1.29 is 14.4 Å². The largest absolute Gasteiger partial charge is 0.353 e. The van der Waals surface area contributed by atoms with Crippen molar-refractivity contribution in [3.05, 3.63) is 34.9 Å². The first-order chi connectivity index (χ1) is 14.0. The summed E-state index contributed by atoms with van der Waals surface area (Å²) in [5.74, 6) is 0.0560. The number of hydrogen-bond donors (Lipinski definition) is 2. The molecule has 1 aliphatic carbocycles. The summed E-state index contributed by atoms with van der Waals surface area (Å²) in [4.78, 5) is 39.9. The van der Waals surface area contributed by atoms with Crippen molar-refractivity contribution in [2.24, 2.45) is 5.92 Å². The Hall–Kier alpha value is -2.08. The number of amides is 3. The first-order valence-electron chi connectivity index (χ1n) is 10.7. The summed E-state index contributed by atoms with van der Waals surface area (Å²) in [6.07, 6.45) is 7.00. The molecule has 2 N–H and O–H groups in total. The SMILES string of the molecule is O=C(NC1CCN2C(=O)C(Cc3ccc(Cl)cc3)NC(=O)C2C1)C1CCCCC1. The van der Waals surface area contributed by atoms with Crippen LogP contribution in [0.25, 0.3) is 0 Å². The van der Waals surface area contributed by atoms with E-state index in [1.165, 1.54) is 6.42 Å². The van der Waals surface area contributed by atoms with E-state index in [4.69, 9.17) is 11.6 Å². The van der Waals surface area contributed by atoms with Crippen molar-refractivity contribution in [1.82, 2.24) is 15.5 Å². The van der Waals surface area contributed by atoms with Gasteiger partial charge in [-0.05, 0) is 43.4 Å². The van der Waals surface area contributed by atoms with Crippen molar-refractivity contribution in [2.45, 2.75) is 69.5 Å². The lowest BCUT2D eigenvalue weighted by molar-refractivity contribution is -0.152. The molecular weight excluding hydrogens is 390 g/mol. The number of benzene rings is 1. The zero-order valence-electron chi connectivity index (χ0n) is 16.5. The molecule has 4 rings (SSSR count). The number of piperidine rings is 1. The first-order valence-corrected chi connectivity index (χ1v) is 11.0. The van der Waals surface area contributed by atoms with Crippen LogP contribution in [0.3, 0.4) is 0 Å². The maximum Gasteiger partial charge on any atom is 0.246 e. The molecule has 3 aliphatic rings. The van der Waals surface area contributed by atoms with Gasteiger partial charge in [-0.3, -0.25) is 14.4 Å². The van der Waals surface area contributed by atoms with Crippen LogP contribution in [0, 0.1) is 5.92 Å². The number of rotatable bonds is 4. The quantitative estimate of drug-likeness (QED) is 0.789. The van der Waals surface area contributed by atoms with Crippen molar-refractivity contribution in [3.8, 4) is 0 Å². The summed E-state index contributed by atoms with van der Waals surface area (Å²) in [5, 5.41) is 6.68. The molecule has 2 heterocycles. The van der Waals surface area contributed by atoms with Gasteiger partial charge in [0.05, 0.1) is 0 Å². The molecule has 6 nitrogen and oxygen atoms in total. The van der Waals surface area contributed by atoms with Gasteiger partial charge in [-0.2, -0.15) is 0 Å². The molecule has 0 bridgehead atoms. The van der Waals surface area contributed by atoms with Crippen LogP contribution in [0.4, 0.5) is 0 Å². The van der Waals surface area contributed by atoms with Crippen molar-refractivity contribution in [1.29, 1.82) is 0 Å². The van der Waals surface area contributed by atoms with E-state index in [1.807, 2.05) is 12.1 Å². The normalized spacial score (nSPS) is 27.9. The molecule has 7 heteroatoms. The van der Waals surface area contributed by atoms with Crippen LogP contribution in [-0.4, -0.2) is 47.3 Å². The van der Waals surface area contributed by atoms with Crippen LogP contribution < -0.4 is 10.6 Å². The summed E-state index contributed by atoms with van der Waals surface area (Å²) in [7, 11) is 0. The standard InChI is InChI=1S/C22H28ClN3O3/c23-16-8-6-14(7-9-16)12-18-22(29)26-11-10-17(13-19(26)21(28)25-18)24-20(27)15-4-2-1-3-5-15/h6-9,15,17-19H,1-5,10-13H2,(H,24,27)(H,25,28). The van der Waals surface area contributed by atoms with Crippen LogP contribution >= 0.6 is 11.6 Å². The summed E-state index contributed by atoms with van der Waals surface area (Å²) >= 11 is 5.92. The number of halogens is 1. The minimum atomic E-state index is -0.548. The number of piperazine rings is 1. The average Bonchev–Trinajstić information content (AvgIpc) is 2.74. The third-order valence-corrected chi connectivity index (χ3v) is 6.73. The predicted molar refractivity (Wildman–Crippen MR) is 110 cm³/mol. The van der Waals surface area contributed by atoms with Gasteiger partial charge >= 0.3 is 0 Å². The minimum Gasteiger partial charge on any atom is -0.353 e. The molecule has 0 aromatic heterocycles. The van der Waals surface area contributed by atoms with E-state index < -0.39 is 12.1 Å². The Kier molecular flexibility index (Phi) is 6.09. The molecule has 2 aliphatic heterocycles. The molecule has 3 fully saturated rings. The Bertz CT molecular complexity index is 776. The van der Waals surface area contributed by atoms with E-state index in [0.29, 0.717) is 30.8 Å². The number of hydrogen-bond acceptors (Lipinski definition) is 3. The highest BCUT2D eigenvalue weighted by Crippen LogP contribution is 2.26. The predicted octanol–water partition coefficient (Wildman–Crippen LogP) is 2.44. The van der Waals surface area contributed by atoms with E-state index in [9.17, 15) is 14.4 Å². The molecule has 0 radical (unpaired) electrons. The second-order valence-electron chi connectivity index (χ2n) is 8.50. The fourth-order valence-corrected chi connectivity index (χ4v) is 4.94. The molecule has 3 unspecified atom stereocenters. The van der Waals surface area contributed by atoms with Crippen LogP contribution in [0.2, 0.25) is 5.02 Å². The van der Waals surface area contributed by atoms with Crippen LogP contribution in [0.15, 0.2) is 24.3 Å². The van der Waals surface area contributed by atoms with Gasteiger partial charge < -0.3 is 15.5 Å². The van der Waals surface area contributed by atoms with Gasteiger partial charge in [-0.25, -0.2) is 0 Å². The maximum atomic E-state index is 13.0. The summed E-state index contributed by atoms with van der Waals surface area (Å²) in [6.45, 7) is 0.504. The molecule has 1 aromatic carbocycles. The van der Waals surface area contributed by atoms with Crippen LogP contribution in [0.1, 0.15) is 50.5 Å². The molecule has 1 aromatic rings. The number of fused-ring (bicyclic) bond motifs is 1. The molecule has 1 saturated carbocycles. The zero-order chi connectivity index (χ0) is 20.4. The Morgan fingerprint density at radius 1 is 1.10 bits per heavy atom. The Labute approximate surface area is 176 Å². The highest BCUT2D eigenvalue weighted by Gasteiger charge is 2.44. The molecular formula is C22H28ClN3O3. The van der Waals surface area contributed by atoms with E-state index in [0.717, 1.165) is 31.2 Å². The average molecular weight is 418 g/mol. The number of nitrogens with one attached hydrogen (secondary N) is 2. The third kappa shape index (κ3) is 4.58. The smallest absolute Gasteiger partial charge is 0.246 e. The first kappa shape index (κ1) is 20.2. The van der Waals surface area contributed by atoms with Crippen LogP contribution in [0.5, 0.6) is 0 Å². The second-order valence-corrected chi connectivity index (χ2v) is 8.94. The van der Waals surface area contributed by atoms with Gasteiger partial charge in [0.25, 0.3) is 0 Å². The van der Waals surface area contributed by atoms with Crippen molar-refractivity contribution >= 4 is 29.3 Å². The van der Waals surface area contributed by atoms with Gasteiger partial charge in [-0.1, -0.05) is 43.0 Å². The van der Waals surface area contributed by atoms with E-state index in [2.05, 4.69) is 10.6 Å². The van der Waals surface area contributed by atoms with Gasteiger partial charge in [0, 0.05) is 29.9 Å². The molecule has 3 atom stereocenters. The fourth-order valence-electron chi connectivity index (χ4n) is 4.82.